The Balaban J connectivity index is 1.90. The highest BCUT2D eigenvalue weighted by Crippen LogP contribution is 2.20. The first-order chi connectivity index (χ1) is 9.38. The highest BCUT2D eigenvalue weighted by Gasteiger charge is 2.35. The minimum atomic E-state index is -0.467. The first kappa shape index (κ1) is 14.8. The normalized spacial score (nSPS) is 27.2. The van der Waals surface area contributed by atoms with Crippen molar-refractivity contribution in [2.24, 2.45) is 5.92 Å². The maximum Gasteiger partial charge on any atom is 0.324 e. The molecule has 2 heterocycles. The molecule has 0 aromatic carbocycles. The third-order valence-electron chi connectivity index (χ3n) is 4.06. The van der Waals surface area contributed by atoms with Crippen molar-refractivity contribution >= 4 is 17.8 Å². The molecule has 7 nitrogen and oxygen atoms in total. The van der Waals surface area contributed by atoms with Crippen LogP contribution in [0.1, 0.15) is 13.3 Å². The van der Waals surface area contributed by atoms with Gasteiger partial charge in [0.25, 0.3) is 0 Å². The summed E-state index contributed by atoms with van der Waals surface area (Å²) < 4.78 is 0. The van der Waals surface area contributed by atoms with Crippen molar-refractivity contribution in [1.82, 2.24) is 20.0 Å². The largest absolute Gasteiger partial charge is 0.339 e. The lowest BCUT2D eigenvalue weighted by molar-refractivity contribution is -0.132. The second-order valence-electron chi connectivity index (χ2n) is 5.83. The first-order valence-electron chi connectivity index (χ1n) is 6.91. The van der Waals surface area contributed by atoms with Crippen molar-refractivity contribution in [1.29, 1.82) is 0 Å². The van der Waals surface area contributed by atoms with E-state index in [2.05, 4.69) is 17.1 Å². The number of hydrogen-bond donors (Lipinski definition) is 1. The number of amides is 4. The van der Waals surface area contributed by atoms with Gasteiger partial charge < -0.3 is 14.7 Å². The second kappa shape index (κ2) is 5.78. The van der Waals surface area contributed by atoms with Gasteiger partial charge in [-0.3, -0.25) is 14.9 Å². The van der Waals surface area contributed by atoms with E-state index >= 15 is 0 Å². The number of urea groups is 1. The van der Waals surface area contributed by atoms with E-state index < -0.39 is 6.03 Å². The van der Waals surface area contributed by atoms with Gasteiger partial charge in [0.1, 0.15) is 6.54 Å². The first-order valence-corrected chi connectivity index (χ1v) is 6.91. The summed E-state index contributed by atoms with van der Waals surface area (Å²) in [6, 6.07) is -0.110. The van der Waals surface area contributed by atoms with Crippen LogP contribution in [0, 0.1) is 5.92 Å². The number of nitrogens with zero attached hydrogens (tertiary/aromatic N) is 3. The molecule has 0 aromatic rings. The number of hydrogen-bond acceptors (Lipinski definition) is 4. The van der Waals surface area contributed by atoms with Crippen molar-refractivity contribution in [3.8, 4) is 0 Å². The second-order valence-corrected chi connectivity index (χ2v) is 5.83. The van der Waals surface area contributed by atoms with Crippen LogP contribution in [0.2, 0.25) is 0 Å². The predicted molar refractivity (Wildman–Crippen MR) is 72.9 cm³/mol. The molecular formula is C13H22N4O3. The van der Waals surface area contributed by atoms with Crippen molar-refractivity contribution in [2.75, 3.05) is 40.3 Å². The molecule has 2 saturated heterocycles. The maximum absolute atomic E-state index is 12.3. The molecule has 0 saturated carbocycles. The Hall–Kier alpha value is -1.63. The summed E-state index contributed by atoms with van der Waals surface area (Å²) in [4.78, 5) is 40.3. The van der Waals surface area contributed by atoms with Crippen LogP contribution in [-0.2, 0) is 9.59 Å². The highest BCUT2D eigenvalue weighted by atomic mass is 16.2. The minimum absolute atomic E-state index is 0.0476. The van der Waals surface area contributed by atoms with Crippen molar-refractivity contribution in [3.63, 3.8) is 0 Å². The summed E-state index contributed by atoms with van der Waals surface area (Å²) in [7, 11) is 4.03. The van der Waals surface area contributed by atoms with E-state index in [9.17, 15) is 14.4 Å². The third kappa shape index (κ3) is 3.09. The minimum Gasteiger partial charge on any atom is -0.339 e. The molecule has 2 aliphatic heterocycles. The zero-order valence-electron chi connectivity index (χ0n) is 12.3. The number of carbonyl (C=O) groups is 3. The van der Waals surface area contributed by atoms with E-state index in [1.54, 1.807) is 4.90 Å². The summed E-state index contributed by atoms with van der Waals surface area (Å²) in [6.45, 7) is 3.91. The van der Waals surface area contributed by atoms with E-state index in [1.807, 2.05) is 14.1 Å². The van der Waals surface area contributed by atoms with E-state index in [-0.39, 0.29) is 24.8 Å². The molecule has 4 amide bonds. The van der Waals surface area contributed by atoms with Crippen LogP contribution >= 0.6 is 0 Å². The number of imide groups is 1. The molecule has 2 fully saturated rings. The third-order valence-corrected chi connectivity index (χ3v) is 4.06. The summed E-state index contributed by atoms with van der Waals surface area (Å²) in [5.74, 6) is 0.0950. The molecule has 0 bridgehead atoms. The van der Waals surface area contributed by atoms with E-state index in [4.69, 9.17) is 0 Å². The molecular weight excluding hydrogens is 260 g/mol. The SMILES string of the molecule is CC1CN(C(=O)CN2CCC(=O)NC2=O)CC1N(C)C. The van der Waals surface area contributed by atoms with Gasteiger partial charge in [-0.2, -0.15) is 0 Å². The number of rotatable bonds is 3. The number of likely N-dealkylation sites (N-methyl/N-ethyl adjacent to an activating group) is 1. The smallest absolute Gasteiger partial charge is 0.324 e. The summed E-state index contributed by atoms with van der Waals surface area (Å²) >= 11 is 0. The average Bonchev–Trinajstić information content (AvgIpc) is 2.75. The van der Waals surface area contributed by atoms with Gasteiger partial charge in [-0.1, -0.05) is 6.92 Å². The predicted octanol–water partition coefficient (Wildman–Crippen LogP) is -0.663. The van der Waals surface area contributed by atoms with Crippen LogP contribution < -0.4 is 5.32 Å². The molecule has 0 aromatic heterocycles. The van der Waals surface area contributed by atoms with Crippen LogP contribution in [0.4, 0.5) is 4.79 Å². The summed E-state index contributed by atoms with van der Waals surface area (Å²) in [6.07, 6.45) is 0.260. The average molecular weight is 282 g/mol. The number of carbonyl (C=O) groups excluding carboxylic acids is 3. The van der Waals surface area contributed by atoms with Crippen molar-refractivity contribution < 1.29 is 14.4 Å². The van der Waals surface area contributed by atoms with Gasteiger partial charge in [-0.05, 0) is 20.0 Å². The summed E-state index contributed by atoms with van der Waals surface area (Å²) in [5, 5.41) is 2.23. The fourth-order valence-corrected chi connectivity index (χ4v) is 2.84. The Morgan fingerprint density at radius 3 is 2.60 bits per heavy atom. The number of nitrogens with one attached hydrogen (secondary N) is 1. The molecule has 2 aliphatic rings. The fourth-order valence-electron chi connectivity index (χ4n) is 2.84. The van der Waals surface area contributed by atoms with Crippen LogP contribution in [0.25, 0.3) is 0 Å². The Kier molecular flexibility index (Phi) is 4.27. The zero-order chi connectivity index (χ0) is 14.9. The van der Waals surface area contributed by atoms with Crippen LogP contribution in [0.3, 0.4) is 0 Å². The van der Waals surface area contributed by atoms with E-state index in [1.165, 1.54) is 4.90 Å². The van der Waals surface area contributed by atoms with Gasteiger partial charge in [0, 0.05) is 32.1 Å². The zero-order valence-corrected chi connectivity index (χ0v) is 12.3. The van der Waals surface area contributed by atoms with E-state index in [0.717, 1.165) is 6.54 Å². The van der Waals surface area contributed by atoms with Gasteiger partial charge in [0.2, 0.25) is 11.8 Å². The number of likely N-dealkylation sites (tertiary alicyclic amines) is 1. The van der Waals surface area contributed by atoms with Gasteiger partial charge in [0.15, 0.2) is 0 Å². The quantitative estimate of drug-likeness (QED) is 0.745. The lowest BCUT2D eigenvalue weighted by Crippen LogP contribution is -2.52. The maximum atomic E-state index is 12.3. The van der Waals surface area contributed by atoms with Gasteiger partial charge >= 0.3 is 6.03 Å². The summed E-state index contributed by atoms with van der Waals surface area (Å²) in [5.41, 5.74) is 0. The monoisotopic (exact) mass is 282 g/mol. The van der Waals surface area contributed by atoms with Crippen molar-refractivity contribution in [2.45, 2.75) is 19.4 Å². The van der Waals surface area contributed by atoms with Gasteiger partial charge in [-0.15, -0.1) is 0 Å². The van der Waals surface area contributed by atoms with Gasteiger partial charge in [0.05, 0.1) is 0 Å². The molecule has 1 N–H and O–H groups in total. The van der Waals surface area contributed by atoms with E-state index in [0.29, 0.717) is 25.0 Å². The van der Waals surface area contributed by atoms with Crippen LogP contribution in [0.15, 0.2) is 0 Å². The molecule has 7 heteroatoms. The lowest BCUT2D eigenvalue weighted by Gasteiger charge is -2.28. The standard InChI is InChI=1S/C13H22N4O3/c1-9-6-17(7-10(9)15(2)3)12(19)8-16-5-4-11(18)14-13(16)20/h9-10H,4-8H2,1-3H3,(H,14,18,20). The molecule has 112 valence electrons. The lowest BCUT2D eigenvalue weighted by atomic mass is 10.1. The molecule has 2 rings (SSSR count). The van der Waals surface area contributed by atoms with Crippen LogP contribution in [0.5, 0.6) is 0 Å². The fraction of sp³-hybridized carbons (Fsp3) is 0.769. The Labute approximate surface area is 118 Å². The Morgan fingerprint density at radius 2 is 2.05 bits per heavy atom. The molecule has 0 spiro atoms. The molecule has 2 atom stereocenters. The van der Waals surface area contributed by atoms with Crippen molar-refractivity contribution in [3.05, 3.63) is 0 Å². The van der Waals surface area contributed by atoms with Gasteiger partial charge in [-0.25, -0.2) is 4.79 Å². The Morgan fingerprint density at radius 1 is 1.35 bits per heavy atom. The topological polar surface area (TPSA) is 73.0 Å². The molecule has 20 heavy (non-hydrogen) atoms. The molecule has 2 unspecified atom stereocenters. The highest BCUT2D eigenvalue weighted by molar-refractivity contribution is 5.98. The Bertz CT molecular complexity index is 424. The van der Waals surface area contributed by atoms with Crippen LogP contribution in [-0.4, -0.2) is 78.9 Å². The molecule has 0 aliphatic carbocycles. The molecule has 0 radical (unpaired) electrons.